The maximum Gasteiger partial charge on any atom is 0.352 e. The van der Waals surface area contributed by atoms with Crippen molar-refractivity contribution in [3.63, 3.8) is 0 Å². The number of aromatic nitrogens is 1. The third kappa shape index (κ3) is 3.51. The summed E-state index contributed by atoms with van der Waals surface area (Å²) in [5.41, 5.74) is 6.34. The molecule has 0 amide bonds. The first-order valence-electron chi connectivity index (χ1n) is 6.13. The van der Waals surface area contributed by atoms with E-state index in [4.69, 9.17) is 22.1 Å². The van der Waals surface area contributed by atoms with E-state index in [0.29, 0.717) is 11.3 Å². The molecule has 2 rings (SSSR count). The molecule has 0 radical (unpaired) electrons. The Hall–Kier alpha value is -1.66. The third-order valence-corrected chi connectivity index (χ3v) is 3.65. The molecular weight excluding hydrogens is 315 g/mol. The summed E-state index contributed by atoms with van der Waals surface area (Å²) in [6.45, 7) is 5.29. The van der Waals surface area contributed by atoms with E-state index in [2.05, 4.69) is 4.37 Å². The zero-order chi connectivity index (χ0) is 15.8. The molecule has 7 heteroatoms. The topological polar surface area (TPSA) is 65.2 Å². The van der Waals surface area contributed by atoms with E-state index in [1.54, 1.807) is 20.8 Å². The fourth-order valence-electron chi connectivity index (χ4n) is 1.64. The molecule has 0 aliphatic rings. The molecule has 0 unspecified atom stereocenters. The van der Waals surface area contributed by atoms with Gasteiger partial charge in [-0.15, -0.1) is 0 Å². The number of hydrogen-bond acceptors (Lipinski definition) is 5. The summed E-state index contributed by atoms with van der Waals surface area (Å²) in [6.07, 6.45) is 0. The molecule has 1 aromatic heterocycles. The van der Waals surface area contributed by atoms with Crippen molar-refractivity contribution in [2.45, 2.75) is 26.4 Å². The molecule has 4 nitrogen and oxygen atoms in total. The molecular formula is C14H14ClFN2O2S. The van der Waals surface area contributed by atoms with E-state index in [0.717, 1.165) is 11.5 Å². The van der Waals surface area contributed by atoms with Gasteiger partial charge < -0.3 is 10.5 Å². The second-order valence-electron chi connectivity index (χ2n) is 5.40. The molecule has 0 fully saturated rings. The fraction of sp³-hybridized carbons (Fsp3) is 0.286. The van der Waals surface area contributed by atoms with Gasteiger partial charge in [-0.05, 0) is 50.5 Å². The summed E-state index contributed by atoms with van der Waals surface area (Å²) < 4.78 is 22.5. The van der Waals surface area contributed by atoms with Crippen LogP contribution in [-0.4, -0.2) is 15.9 Å². The predicted octanol–water partition coefficient (Wildman–Crippen LogP) is 4.14. The zero-order valence-corrected chi connectivity index (χ0v) is 13.3. The molecule has 0 aliphatic heterocycles. The molecule has 0 saturated heterocycles. The SMILES string of the molecule is CC(C)(C)OC(=O)c1snc(-c2ccc(F)cc2Cl)c1N. The lowest BCUT2D eigenvalue weighted by Gasteiger charge is -2.18. The molecule has 0 bridgehead atoms. The minimum absolute atomic E-state index is 0.183. The maximum atomic E-state index is 13.1. The number of esters is 1. The van der Waals surface area contributed by atoms with Gasteiger partial charge in [0.25, 0.3) is 0 Å². The molecule has 0 aliphatic carbocycles. The molecule has 2 aromatic rings. The first-order valence-corrected chi connectivity index (χ1v) is 7.28. The average Bonchev–Trinajstić information content (AvgIpc) is 2.69. The van der Waals surface area contributed by atoms with E-state index in [1.165, 1.54) is 18.2 Å². The lowest BCUT2D eigenvalue weighted by Crippen LogP contribution is -2.23. The minimum Gasteiger partial charge on any atom is -0.456 e. The number of hydrogen-bond donors (Lipinski definition) is 1. The highest BCUT2D eigenvalue weighted by Crippen LogP contribution is 2.36. The lowest BCUT2D eigenvalue weighted by atomic mass is 10.1. The van der Waals surface area contributed by atoms with Crippen LogP contribution in [0, 0.1) is 5.82 Å². The Labute approximate surface area is 130 Å². The Morgan fingerprint density at radius 1 is 1.43 bits per heavy atom. The standard InChI is InChI=1S/C14H14ClFN2O2S/c1-14(2,3)20-13(19)12-10(17)11(18-21-12)8-5-4-7(16)6-9(8)15/h4-6H,17H2,1-3H3. The van der Waals surface area contributed by atoms with Gasteiger partial charge in [0.15, 0.2) is 4.88 Å². The maximum absolute atomic E-state index is 13.1. The van der Waals surface area contributed by atoms with E-state index in [9.17, 15) is 9.18 Å². The van der Waals surface area contributed by atoms with Crippen LogP contribution in [0.1, 0.15) is 30.4 Å². The van der Waals surface area contributed by atoms with Crippen molar-refractivity contribution in [1.82, 2.24) is 4.37 Å². The number of carbonyl (C=O) groups is 1. The summed E-state index contributed by atoms with van der Waals surface area (Å²) in [5.74, 6) is -0.994. The summed E-state index contributed by atoms with van der Waals surface area (Å²) >= 11 is 6.91. The van der Waals surface area contributed by atoms with Crippen LogP contribution in [0.15, 0.2) is 18.2 Å². The van der Waals surface area contributed by atoms with Crippen molar-refractivity contribution in [3.8, 4) is 11.3 Å². The van der Waals surface area contributed by atoms with Gasteiger partial charge in [0, 0.05) is 5.56 Å². The molecule has 21 heavy (non-hydrogen) atoms. The van der Waals surface area contributed by atoms with E-state index >= 15 is 0 Å². The number of benzene rings is 1. The van der Waals surface area contributed by atoms with Gasteiger partial charge in [0.1, 0.15) is 17.1 Å². The van der Waals surface area contributed by atoms with Crippen molar-refractivity contribution in [3.05, 3.63) is 33.9 Å². The summed E-state index contributed by atoms with van der Waals surface area (Å²) in [4.78, 5) is 12.2. The Kier molecular flexibility index (Phi) is 4.20. The van der Waals surface area contributed by atoms with Gasteiger partial charge in [0.05, 0.1) is 10.7 Å². The number of rotatable bonds is 2. The molecule has 0 spiro atoms. The molecule has 0 atom stereocenters. The van der Waals surface area contributed by atoms with E-state index in [1.807, 2.05) is 0 Å². The van der Waals surface area contributed by atoms with Crippen molar-refractivity contribution < 1.29 is 13.9 Å². The number of nitrogens with two attached hydrogens (primary N) is 1. The van der Waals surface area contributed by atoms with Crippen molar-refractivity contribution in [2.24, 2.45) is 0 Å². The van der Waals surface area contributed by atoms with Crippen LogP contribution in [0.4, 0.5) is 10.1 Å². The van der Waals surface area contributed by atoms with Gasteiger partial charge in [-0.1, -0.05) is 11.6 Å². The first kappa shape index (κ1) is 15.7. The van der Waals surface area contributed by atoms with Gasteiger partial charge in [-0.2, -0.15) is 4.37 Å². The van der Waals surface area contributed by atoms with E-state index in [-0.39, 0.29) is 15.6 Å². The molecule has 2 N–H and O–H groups in total. The predicted molar refractivity (Wildman–Crippen MR) is 82.1 cm³/mol. The highest BCUT2D eigenvalue weighted by Gasteiger charge is 2.25. The summed E-state index contributed by atoms with van der Waals surface area (Å²) in [6, 6.07) is 3.90. The van der Waals surface area contributed by atoms with Crippen molar-refractivity contribution in [2.75, 3.05) is 5.73 Å². The Morgan fingerprint density at radius 3 is 2.67 bits per heavy atom. The highest BCUT2D eigenvalue weighted by molar-refractivity contribution is 7.09. The van der Waals surface area contributed by atoms with Crippen molar-refractivity contribution in [1.29, 1.82) is 0 Å². The Morgan fingerprint density at radius 2 is 2.10 bits per heavy atom. The number of nitrogen functional groups attached to an aromatic ring is 1. The van der Waals surface area contributed by atoms with Crippen LogP contribution in [0.25, 0.3) is 11.3 Å². The van der Waals surface area contributed by atoms with Crippen LogP contribution in [0.2, 0.25) is 5.02 Å². The number of nitrogens with zero attached hydrogens (tertiary/aromatic N) is 1. The van der Waals surface area contributed by atoms with Crippen LogP contribution in [0.5, 0.6) is 0 Å². The Balaban J connectivity index is 2.39. The molecule has 112 valence electrons. The van der Waals surface area contributed by atoms with Gasteiger partial charge in [0.2, 0.25) is 0 Å². The number of halogens is 2. The zero-order valence-electron chi connectivity index (χ0n) is 11.7. The number of ether oxygens (including phenoxy) is 1. The van der Waals surface area contributed by atoms with Gasteiger partial charge >= 0.3 is 5.97 Å². The molecule has 1 heterocycles. The molecule has 0 saturated carbocycles. The van der Waals surface area contributed by atoms with Crippen molar-refractivity contribution >= 4 is 34.8 Å². The second-order valence-corrected chi connectivity index (χ2v) is 6.58. The van der Waals surface area contributed by atoms with E-state index < -0.39 is 17.4 Å². The Bertz CT molecular complexity index is 695. The largest absolute Gasteiger partial charge is 0.456 e. The first-order chi connectivity index (χ1) is 9.69. The summed E-state index contributed by atoms with van der Waals surface area (Å²) in [7, 11) is 0. The average molecular weight is 329 g/mol. The monoisotopic (exact) mass is 328 g/mol. The smallest absolute Gasteiger partial charge is 0.352 e. The second kappa shape index (κ2) is 5.61. The lowest BCUT2D eigenvalue weighted by molar-refractivity contribution is 0.00764. The number of carbonyl (C=O) groups excluding carboxylic acids is 1. The van der Waals surface area contributed by atoms with Crippen LogP contribution < -0.4 is 5.73 Å². The normalized spacial score (nSPS) is 11.5. The van der Waals surface area contributed by atoms with Gasteiger partial charge in [-0.25, -0.2) is 9.18 Å². The quantitative estimate of drug-likeness (QED) is 0.841. The van der Waals surface area contributed by atoms with Crippen LogP contribution in [-0.2, 0) is 4.74 Å². The van der Waals surface area contributed by atoms with Gasteiger partial charge in [-0.3, -0.25) is 0 Å². The fourth-order valence-corrected chi connectivity index (χ4v) is 2.59. The number of anilines is 1. The van der Waals surface area contributed by atoms with Crippen LogP contribution in [0.3, 0.4) is 0 Å². The minimum atomic E-state index is -0.624. The highest BCUT2D eigenvalue weighted by atomic mass is 35.5. The molecule has 1 aromatic carbocycles. The summed E-state index contributed by atoms with van der Waals surface area (Å²) in [5, 5.41) is 0.183. The third-order valence-electron chi connectivity index (χ3n) is 2.50. The van der Waals surface area contributed by atoms with Crippen LogP contribution >= 0.6 is 23.1 Å².